The smallest absolute Gasteiger partial charge is 0.329 e. The second kappa shape index (κ2) is 4.76. The fourth-order valence-corrected chi connectivity index (χ4v) is 4.19. The lowest BCUT2D eigenvalue weighted by Crippen LogP contribution is -2.65. The third kappa shape index (κ3) is 2.66. The van der Waals surface area contributed by atoms with Crippen LogP contribution in [0.5, 0.6) is 0 Å². The molecular weight excluding hydrogens is 260 g/mol. The lowest BCUT2D eigenvalue weighted by atomic mass is 10.0. The van der Waals surface area contributed by atoms with Crippen LogP contribution < -0.4 is 0 Å². The fourth-order valence-electron chi connectivity index (χ4n) is 2.27. The summed E-state index contributed by atoms with van der Waals surface area (Å²) < 4.78 is 32.3. The molecule has 0 radical (unpaired) electrons. The Labute approximate surface area is 106 Å². The molecule has 0 atom stereocenters. The summed E-state index contributed by atoms with van der Waals surface area (Å²) in [6, 6.07) is 0. The van der Waals surface area contributed by atoms with E-state index >= 15 is 0 Å². The highest BCUT2D eigenvalue weighted by atomic mass is 32.2. The van der Waals surface area contributed by atoms with Gasteiger partial charge in [0.25, 0.3) is 10.2 Å². The first-order valence-electron chi connectivity index (χ1n) is 5.94. The molecule has 0 saturated carbocycles. The van der Waals surface area contributed by atoms with Gasteiger partial charge in [-0.05, 0) is 19.8 Å². The number of aliphatic carboxylic acids is 1. The van der Waals surface area contributed by atoms with Crippen molar-refractivity contribution in [3.8, 4) is 0 Å². The first-order chi connectivity index (χ1) is 8.33. The maximum absolute atomic E-state index is 12.1. The lowest BCUT2D eigenvalue weighted by molar-refractivity contribution is -0.157. The van der Waals surface area contributed by atoms with Crippen LogP contribution in [-0.4, -0.2) is 66.5 Å². The summed E-state index contributed by atoms with van der Waals surface area (Å²) >= 11 is 0. The van der Waals surface area contributed by atoms with Gasteiger partial charge in [-0.1, -0.05) is 0 Å². The van der Waals surface area contributed by atoms with Gasteiger partial charge in [0.2, 0.25) is 0 Å². The first kappa shape index (κ1) is 13.7. The molecular formula is C10H18N2O5S. The van der Waals surface area contributed by atoms with E-state index in [9.17, 15) is 13.2 Å². The maximum Gasteiger partial charge on any atom is 0.329 e. The van der Waals surface area contributed by atoms with Crippen LogP contribution in [0.15, 0.2) is 0 Å². The van der Waals surface area contributed by atoms with E-state index in [1.165, 1.54) is 8.61 Å². The quantitative estimate of drug-likeness (QED) is 0.732. The van der Waals surface area contributed by atoms with Gasteiger partial charge in [-0.15, -0.1) is 0 Å². The average molecular weight is 278 g/mol. The zero-order valence-electron chi connectivity index (χ0n) is 10.3. The third-order valence-corrected chi connectivity index (χ3v) is 5.21. The molecule has 18 heavy (non-hydrogen) atoms. The van der Waals surface area contributed by atoms with Crippen molar-refractivity contribution in [1.82, 2.24) is 8.61 Å². The molecule has 0 aliphatic carbocycles. The van der Waals surface area contributed by atoms with E-state index in [-0.39, 0.29) is 13.1 Å². The summed E-state index contributed by atoms with van der Waals surface area (Å²) in [7, 11) is -3.37. The summed E-state index contributed by atoms with van der Waals surface area (Å²) in [6.07, 6.45) is 1.81. The van der Waals surface area contributed by atoms with Gasteiger partial charge >= 0.3 is 5.97 Å². The molecule has 0 spiro atoms. The molecule has 1 N–H and O–H groups in total. The number of rotatable bonds is 5. The number of nitrogens with zero attached hydrogens (tertiary/aromatic N) is 2. The van der Waals surface area contributed by atoms with Gasteiger partial charge in [-0.2, -0.15) is 17.0 Å². The minimum absolute atomic E-state index is 0.221. The monoisotopic (exact) mass is 278 g/mol. The van der Waals surface area contributed by atoms with Gasteiger partial charge in [0.05, 0.1) is 5.60 Å². The molecule has 0 aromatic carbocycles. The van der Waals surface area contributed by atoms with Crippen LogP contribution in [-0.2, 0) is 19.7 Å². The third-order valence-electron chi connectivity index (χ3n) is 3.28. The molecule has 2 rings (SSSR count). The van der Waals surface area contributed by atoms with Crippen molar-refractivity contribution in [3.05, 3.63) is 0 Å². The molecule has 8 heteroatoms. The number of hydrogen-bond acceptors (Lipinski definition) is 4. The Kier molecular flexibility index (Phi) is 3.63. The largest absolute Gasteiger partial charge is 0.480 e. The van der Waals surface area contributed by atoms with Crippen LogP contribution in [0.4, 0.5) is 0 Å². The molecule has 0 unspecified atom stereocenters. The highest BCUT2D eigenvalue weighted by Gasteiger charge is 2.48. The maximum atomic E-state index is 12.1. The fraction of sp³-hybridized carbons (Fsp3) is 0.900. The molecule has 0 aromatic heterocycles. The second-order valence-corrected chi connectivity index (χ2v) is 6.94. The molecule has 2 aliphatic heterocycles. The van der Waals surface area contributed by atoms with Gasteiger partial charge < -0.3 is 9.84 Å². The number of ether oxygens (including phenoxy) is 1. The average Bonchev–Trinajstić information content (AvgIpc) is 2.76. The van der Waals surface area contributed by atoms with E-state index in [0.717, 1.165) is 12.8 Å². The Hall–Kier alpha value is -0.700. The Bertz CT molecular complexity index is 424. The second-order valence-electron chi connectivity index (χ2n) is 5.01. The number of hydrogen-bond donors (Lipinski definition) is 1. The molecule has 0 amide bonds. The van der Waals surface area contributed by atoms with Crippen LogP contribution in [0.1, 0.15) is 19.8 Å². The van der Waals surface area contributed by atoms with Gasteiger partial charge in [0.1, 0.15) is 6.61 Å². The summed E-state index contributed by atoms with van der Waals surface area (Å²) in [6.45, 7) is 2.93. The van der Waals surface area contributed by atoms with Crippen molar-refractivity contribution in [2.45, 2.75) is 25.4 Å². The molecule has 0 bridgehead atoms. The highest BCUT2D eigenvalue weighted by Crippen LogP contribution is 2.30. The first-order valence-corrected chi connectivity index (χ1v) is 7.34. The zero-order chi connectivity index (χ0) is 13.4. The minimum Gasteiger partial charge on any atom is -0.480 e. The summed E-state index contributed by atoms with van der Waals surface area (Å²) in [5.74, 6) is -1.04. The molecule has 2 saturated heterocycles. The SMILES string of the molecule is CC1(OCC(=O)O)CN(S(=O)(=O)N2CCCC2)C1. The summed E-state index contributed by atoms with van der Waals surface area (Å²) in [5.41, 5.74) is -0.675. The van der Waals surface area contributed by atoms with Crippen molar-refractivity contribution < 1.29 is 23.1 Å². The number of carboxylic acid groups (broad SMARTS) is 1. The van der Waals surface area contributed by atoms with E-state index in [1.54, 1.807) is 6.92 Å². The number of carbonyl (C=O) groups is 1. The number of carboxylic acids is 1. The van der Waals surface area contributed by atoms with Crippen molar-refractivity contribution in [3.63, 3.8) is 0 Å². The van der Waals surface area contributed by atoms with Gasteiger partial charge in [-0.25, -0.2) is 4.79 Å². The summed E-state index contributed by atoms with van der Waals surface area (Å²) in [4.78, 5) is 10.4. The van der Waals surface area contributed by atoms with Gasteiger partial charge in [0, 0.05) is 26.2 Å². The van der Waals surface area contributed by atoms with E-state index < -0.39 is 28.4 Å². The molecule has 2 heterocycles. The van der Waals surface area contributed by atoms with Crippen molar-refractivity contribution >= 4 is 16.2 Å². The molecule has 104 valence electrons. The Morgan fingerprint density at radius 2 is 1.83 bits per heavy atom. The summed E-state index contributed by atoms with van der Waals surface area (Å²) in [5, 5.41) is 8.53. The standard InChI is InChI=1S/C10H18N2O5S/c1-10(17-6-9(13)14)7-12(8-10)18(15,16)11-4-2-3-5-11/h2-8H2,1H3,(H,13,14). The van der Waals surface area contributed by atoms with Crippen LogP contribution >= 0.6 is 0 Å². The Morgan fingerprint density at radius 1 is 1.28 bits per heavy atom. The van der Waals surface area contributed by atoms with Crippen molar-refractivity contribution in [1.29, 1.82) is 0 Å². The van der Waals surface area contributed by atoms with Crippen LogP contribution in [0.2, 0.25) is 0 Å². The van der Waals surface area contributed by atoms with Gasteiger partial charge in [-0.3, -0.25) is 0 Å². The minimum atomic E-state index is -3.37. The van der Waals surface area contributed by atoms with Crippen LogP contribution in [0, 0.1) is 0 Å². The van der Waals surface area contributed by atoms with E-state index in [1.807, 2.05) is 0 Å². The predicted octanol–water partition coefficient (Wildman–Crippen LogP) is -0.497. The van der Waals surface area contributed by atoms with Crippen molar-refractivity contribution in [2.75, 3.05) is 32.8 Å². The normalized spacial score (nSPS) is 24.9. The van der Waals surface area contributed by atoms with Crippen LogP contribution in [0.3, 0.4) is 0 Å². The molecule has 2 aliphatic rings. The molecule has 2 fully saturated rings. The van der Waals surface area contributed by atoms with E-state index in [2.05, 4.69) is 0 Å². The van der Waals surface area contributed by atoms with E-state index in [4.69, 9.17) is 9.84 Å². The van der Waals surface area contributed by atoms with E-state index in [0.29, 0.717) is 13.1 Å². The Balaban J connectivity index is 1.89. The van der Waals surface area contributed by atoms with Gasteiger partial charge in [0.15, 0.2) is 0 Å². The predicted molar refractivity (Wildman–Crippen MR) is 63.3 cm³/mol. The zero-order valence-corrected chi connectivity index (χ0v) is 11.1. The van der Waals surface area contributed by atoms with Crippen molar-refractivity contribution in [2.24, 2.45) is 0 Å². The lowest BCUT2D eigenvalue weighted by Gasteiger charge is -2.47. The topological polar surface area (TPSA) is 87.1 Å². The molecule has 7 nitrogen and oxygen atoms in total. The van der Waals surface area contributed by atoms with Crippen LogP contribution in [0.25, 0.3) is 0 Å². The highest BCUT2D eigenvalue weighted by molar-refractivity contribution is 7.86. The molecule has 0 aromatic rings. The Morgan fingerprint density at radius 3 is 2.33 bits per heavy atom.